The zero-order valence-electron chi connectivity index (χ0n) is 19.9. The predicted molar refractivity (Wildman–Crippen MR) is 131 cm³/mol. The largest absolute Gasteiger partial charge is 0.406 e. The van der Waals surface area contributed by atoms with Gasteiger partial charge in [0.2, 0.25) is 6.23 Å². The fourth-order valence-electron chi connectivity index (χ4n) is 3.72. The van der Waals surface area contributed by atoms with E-state index in [9.17, 15) is 23.2 Å². The van der Waals surface area contributed by atoms with Crippen LogP contribution in [0, 0.1) is 6.92 Å². The molecule has 4 rings (SSSR count). The van der Waals surface area contributed by atoms with Crippen LogP contribution in [0.1, 0.15) is 22.9 Å². The molecular formula is C24H27F2N4O6P. The van der Waals surface area contributed by atoms with E-state index in [2.05, 4.69) is 10.1 Å². The van der Waals surface area contributed by atoms with Crippen molar-refractivity contribution in [3.8, 4) is 0 Å². The molecule has 0 radical (unpaired) electrons. The summed E-state index contributed by atoms with van der Waals surface area (Å²) in [4.78, 5) is 15.5. The van der Waals surface area contributed by atoms with Crippen molar-refractivity contribution in [2.45, 2.75) is 44.4 Å². The Balaban J connectivity index is 1.49. The topological polar surface area (TPSA) is 138 Å². The van der Waals surface area contributed by atoms with Gasteiger partial charge >= 0.3 is 19.4 Å². The molecule has 198 valence electrons. The van der Waals surface area contributed by atoms with E-state index in [0.29, 0.717) is 4.57 Å². The van der Waals surface area contributed by atoms with Crippen molar-refractivity contribution in [1.29, 1.82) is 0 Å². The summed E-state index contributed by atoms with van der Waals surface area (Å²) in [7, 11) is -4.08. The van der Waals surface area contributed by atoms with Gasteiger partial charge in [-0.05, 0) is 29.7 Å². The van der Waals surface area contributed by atoms with Crippen molar-refractivity contribution >= 4 is 13.6 Å². The molecule has 1 aliphatic heterocycles. The molecule has 10 nitrogen and oxygen atoms in total. The van der Waals surface area contributed by atoms with Crippen molar-refractivity contribution in [2.75, 3.05) is 12.3 Å². The Kier molecular flexibility index (Phi) is 8.17. The number of nitrogens with one attached hydrogen (secondary N) is 1. The fraction of sp³-hybridized carbons (Fsp3) is 0.333. The number of benzene rings is 2. The summed E-state index contributed by atoms with van der Waals surface area (Å²) >= 11 is 0. The Morgan fingerprint density at radius 3 is 2.57 bits per heavy atom. The average molecular weight is 536 g/mol. The number of aliphatic hydroxyl groups is 1. The summed E-state index contributed by atoms with van der Waals surface area (Å²) in [6.07, 6.45) is -5.16. The smallest absolute Gasteiger partial charge is 0.384 e. The van der Waals surface area contributed by atoms with E-state index in [0.717, 1.165) is 29.0 Å². The molecule has 1 saturated heterocycles. The maximum absolute atomic E-state index is 14.9. The lowest BCUT2D eigenvalue weighted by molar-refractivity contribution is -0.140. The highest BCUT2D eigenvalue weighted by molar-refractivity contribution is 7.51. The first-order chi connectivity index (χ1) is 17.6. The molecule has 0 amide bonds. The predicted octanol–water partition coefficient (Wildman–Crippen LogP) is 3.16. The van der Waals surface area contributed by atoms with E-state index in [1.807, 2.05) is 25.1 Å². The van der Waals surface area contributed by atoms with Crippen LogP contribution in [0.4, 0.5) is 14.6 Å². The lowest BCUT2D eigenvalue weighted by Gasteiger charge is -2.22. The number of nitrogens with two attached hydrogens (primary N) is 1. The molecular weight excluding hydrogens is 509 g/mol. The fourth-order valence-corrected chi connectivity index (χ4v) is 5.01. The Hall–Kier alpha value is -2.99. The number of alkyl halides is 2. The number of hydrogen-bond acceptors (Lipinski definition) is 8. The van der Waals surface area contributed by atoms with Crippen LogP contribution in [0.5, 0.6) is 0 Å². The number of nitrogens with zero attached hydrogens (tertiary/aromatic N) is 2. The summed E-state index contributed by atoms with van der Waals surface area (Å²) in [5.41, 5.74) is 6.78. The molecule has 4 N–H and O–H groups in total. The second kappa shape index (κ2) is 11.2. The van der Waals surface area contributed by atoms with Gasteiger partial charge in [0.05, 0.1) is 13.2 Å². The van der Waals surface area contributed by atoms with E-state index >= 15 is 0 Å². The number of hydrogen-bond donors (Lipinski definition) is 3. The first kappa shape index (κ1) is 27.1. The lowest BCUT2D eigenvalue weighted by Crippen LogP contribution is -2.42. The van der Waals surface area contributed by atoms with Crippen molar-refractivity contribution in [1.82, 2.24) is 14.6 Å². The van der Waals surface area contributed by atoms with E-state index in [4.69, 9.17) is 19.5 Å². The van der Waals surface area contributed by atoms with E-state index in [-0.39, 0.29) is 19.0 Å². The Bertz CT molecular complexity index is 1330. The highest BCUT2D eigenvalue weighted by atomic mass is 31.2. The molecule has 2 aromatic carbocycles. The van der Waals surface area contributed by atoms with Gasteiger partial charge in [0.1, 0.15) is 11.9 Å². The molecule has 1 aromatic heterocycles. The standard InChI is InChI=1S/C24H27F2N4O6P/c1-16-7-5-6-10-18(16)14-34-37(33,28-13-17-8-3-2-4-9-17)35-15-19-21(31)24(25,26)22(36-19)30-12-11-20(27)29-23(30)32/h2-12,19,21-22,31H,13-15H2,1H3,(H,28,33)(H2,27,29,32). The first-order valence-corrected chi connectivity index (χ1v) is 12.9. The van der Waals surface area contributed by atoms with Crippen LogP contribution < -0.4 is 16.5 Å². The average Bonchev–Trinajstić information content (AvgIpc) is 3.10. The minimum Gasteiger partial charge on any atom is -0.384 e. The van der Waals surface area contributed by atoms with Crippen LogP contribution in [-0.4, -0.2) is 39.4 Å². The molecule has 37 heavy (non-hydrogen) atoms. The van der Waals surface area contributed by atoms with Gasteiger partial charge in [0, 0.05) is 12.7 Å². The van der Waals surface area contributed by atoms with E-state index < -0.39 is 44.4 Å². The Morgan fingerprint density at radius 1 is 1.16 bits per heavy atom. The molecule has 0 aliphatic carbocycles. The van der Waals surface area contributed by atoms with Gasteiger partial charge in [-0.1, -0.05) is 54.6 Å². The van der Waals surface area contributed by atoms with E-state index in [1.54, 1.807) is 36.4 Å². The van der Waals surface area contributed by atoms with Crippen LogP contribution in [0.2, 0.25) is 0 Å². The molecule has 0 spiro atoms. The second-order valence-corrected chi connectivity index (χ2v) is 10.3. The Morgan fingerprint density at radius 2 is 1.86 bits per heavy atom. The summed E-state index contributed by atoms with van der Waals surface area (Å²) in [6, 6.07) is 17.5. The molecule has 0 bridgehead atoms. The number of aromatic nitrogens is 2. The monoisotopic (exact) mass is 536 g/mol. The molecule has 3 aromatic rings. The summed E-state index contributed by atoms with van der Waals surface area (Å²) in [5.74, 6) is -4.03. The molecule has 2 heterocycles. The maximum atomic E-state index is 14.9. The summed E-state index contributed by atoms with van der Waals surface area (Å²) < 4.78 is 60.2. The zero-order valence-corrected chi connectivity index (χ0v) is 20.8. The molecule has 4 atom stereocenters. The third-order valence-corrected chi connectivity index (χ3v) is 7.37. The first-order valence-electron chi connectivity index (χ1n) is 11.4. The summed E-state index contributed by atoms with van der Waals surface area (Å²) in [6.45, 7) is 1.18. The van der Waals surface area contributed by atoms with Gasteiger partial charge in [-0.3, -0.25) is 13.6 Å². The minimum absolute atomic E-state index is 0.0783. The number of nitrogen functional groups attached to an aromatic ring is 1. The molecule has 13 heteroatoms. The number of anilines is 1. The normalized spacial score (nSPS) is 22.5. The van der Waals surface area contributed by atoms with Gasteiger partial charge in [-0.15, -0.1) is 0 Å². The highest BCUT2D eigenvalue weighted by Crippen LogP contribution is 2.48. The number of halogens is 2. The zero-order chi connectivity index (χ0) is 26.6. The minimum atomic E-state index is -4.08. The van der Waals surface area contributed by atoms with E-state index in [1.165, 1.54) is 0 Å². The van der Waals surface area contributed by atoms with Crippen LogP contribution >= 0.6 is 7.75 Å². The number of ether oxygens (including phenoxy) is 1. The van der Waals surface area contributed by atoms with Crippen LogP contribution in [0.25, 0.3) is 0 Å². The van der Waals surface area contributed by atoms with Crippen molar-refractivity contribution in [3.63, 3.8) is 0 Å². The molecule has 0 saturated carbocycles. The maximum Gasteiger partial charge on any atom is 0.406 e. The third-order valence-electron chi connectivity index (χ3n) is 5.86. The van der Waals surface area contributed by atoms with Gasteiger partial charge in [0.25, 0.3) is 0 Å². The van der Waals surface area contributed by atoms with Gasteiger partial charge in [0.15, 0.2) is 6.10 Å². The van der Waals surface area contributed by atoms with Crippen LogP contribution in [0.3, 0.4) is 0 Å². The van der Waals surface area contributed by atoms with Gasteiger partial charge in [-0.25, -0.2) is 14.4 Å². The van der Waals surface area contributed by atoms with Crippen LogP contribution in [-0.2, 0) is 31.5 Å². The molecule has 1 fully saturated rings. The quantitative estimate of drug-likeness (QED) is 0.334. The van der Waals surface area contributed by atoms with Gasteiger partial charge in [-0.2, -0.15) is 13.8 Å². The number of aliphatic hydroxyl groups excluding tert-OH is 1. The molecule has 1 aliphatic rings. The number of rotatable bonds is 10. The van der Waals surface area contributed by atoms with Crippen molar-refractivity contribution < 1.29 is 32.2 Å². The van der Waals surface area contributed by atoms with Gasteiger partial charge < -0.3 is 15.6 Å². The van der Waals surface area contributed by atoms with Crippen molar-refractivity contribution in [2.24, 2.45) is 0 Å². The Labute approximate surface area is 211 Å². The molecule has 4 unspecified atom stereocenters. The lowest BCUT2D eigenvalue weighted by atomic mass is 10.1. The summed E-state index contributed by atoms with van der Waals surface area (Å²) in [5, 5.41) is 13.0. The third kappa shape index (κ3) is 6.30. The highest BCUT2D eigenvalue weighted by Gasteiger charge is 2.60. The van der Waals surface area contributed by atoms with Crippen molar-refractivity contribution in [3.05, 3.63) is 94.0 Å². The second-order valence-electron chi connectivity index (χ2n) is 8.50. The number of aryl methyl sites for hydroxylation is 1. The van der Waals surface area contributed by atoms with Crippen LogP contribution in [0.15, 0.2) is 71.7 Å². The SMILES string of the molecule is Cc1ccccc1COP(=O)(NCc1ccccc1)OCC1OC(n2ccc(N)nc2=O)C(F)(F)C1O.